The summed E-state index contributed by atoms with van der Waals surface area (Å²) in [6.45, 7) is 5.22. The Morgan fingerprint density at radius 3 is 2.23 bits per heavy atom. The van der Waals surface area contributed by atoms with E-state index in [1.807, 2.05) is 6.92 Å². The summed E-state index contributed by atoms with van der Waals surface area (Å²) in [5.74, 6) is -0.687. The first-order valence-electron chi connectivity index (χ1n) is 11.4. The number of benzene rings is 2. The highest BCUT2D eigenvalue weighted by Gasteiger charge is 2.27. The molecule has 35 heavy (non-hydrogen) atoms. The van der Waals surface area contributed by atoms with E-state index in [1.165, 1.54) is 12.1 Å². The molecule has 188 valence electrons. The SMILES string of the molecule is CCOC(=O)N1CCN(C(=O)c2ccccc2NC(=O)CCNS(=O)(=O)c2ccc(C)cc2)CC1. The van der Waals surface area contributed by atoms with E-state index in [0.717, 1.165) is 5.56 Å². The lowest BCUT2D eigenvalue weighted by Crippen LogP contribution is -2.50. The highest BCUT2D eigenvalue weighted by Crippen LogP contribution is 2.19. The third kappa shape index (κ3) is 7.03. The standard InChI is InChI=1S/C24H30N4O6S/c1-3-34-24(31)28-16-14-27(15-17-28)23(30)20-6-4-5-7-21(20)26-22(29)12-13-25-35(32,33)19-10-8-18(2)9-11-19/h4-11,25H,3,12-17H2,1-2H3,(H,26,29). The predicted octanol–water partition coefficient (Wildman–Crippen LogP) is 2.22. The number of rotatable bonds is 8. The molecule has 1 aliphatic heterocycles. The van der Waals surface area contributed by atoms with E-state index in [2.05, 4.69) is 10.0 Å². The molecule has 1 fully saturated rings. The van der Waals surface area contributed by atoms with E-state index in [9.17, 15) is 22.8 Å². The molecule has 0 radical (unpaired) electrons. The van der Waals surface area contributed by atoms with Crippen molar-refractivity contribution >= 4 is 33.6 Å². The number of hydrogen-bond donors (Lipinski definition) is 2. The fraction of sp³-hybridized carbons (Fsp3) is 0.375. The van der Waals surface area contributed by atoms with Crippen LogP contribution in [0.3, 0.4) is 0 Å². The molecule has 1 heterocycles. The third-order valence-electron chi connectivity index (χ3n) is 5.50. The molecule has 2 N–H and O–H groups in total. The van der Waals surface area contributed by atoms with E-state index in [-0.39, 0.29) is 23.8 Å². The number of ether oxygens (including phenoxy) is 1. The highest BCUT2D eigenvalue weighted by molar-refractivity contribution is 7.89. The van der Waals surface area contributed by atoms with Gasteiger partial charge in [0.2, 0.25) is 15.9 Å². The first-order valence-corrected chi connectivity index (χ1v) is 12.9. The van der Waals surface area contributed by atoms with Crippen LogP contribution in [-0.2, 0) is 19.6 Å². The predicted molar refractivity (Wildman–Crippen MR) is 131 cm³/mol. The summed E-state index contributed by atoms with van der Waals surface area (Å²) in [6, 6.07) is 13.1. The van der Waals surface area contributed by atoms with Gasteiger partial charge in [-0.3, -0.25) is 9.59 Å². The average Bonchev–Trinajstić information content (AvgIpc) is 2.84. The van der Waals surface area contributed by atoms with Gasteiger partial charge < -0.3 is 19.9 Å². The maximum absolute atomic E-state index is 13.1. The Hall–Kier alpha value is -3.44. The average molecular weight is 503 g/mol. The minimum absolute atomic E-state index is 0.0893. The van der Waals surface area contributed by atoms with Crippen molar-refractivity contribution in [2.24, 2.45) is 0 Å². The van der Waals surface area contributed by atoms with Gasteiger partial charge in [0.15, 0.2) is 0 Å². The number of amides is 3. The molecule has 2 aromatic rings. The molecular weight excluding hydrogens is 472 g/mol. The minimum Gasteiger partial charge on any atom is -0.450 e. The minimum atomic E-state index is -3.72. The van der Waals surface area contributed by atoms with Gasteiger partial charge in [0.25, 0.3) is 5.91 Å². The van der Waals surface area contributed by atoms with Crippen LogP contribution >= 0.6 is 0 Å². The summed E-state index contributed by atoms with van der Waals surface area (Å²) in [6.07, 6.45) is -0.503. The van der Waals surface area contributed by atoms with Crippen molar-refractivity contribution < 1.29 is 27.5 Å². The first kappa shape index (κ1) is 26.2. The molecule has 3 rings (SSSR count). The van der Waals surface area contributed by atoms with Crippen molar-refractivity contribution in [3.8, 4) is 0 Å². The lowest BCUT2D eigenvalue weighted by molar-refractivity contribution is -0.116. The first-order chi connectivity index (χ1) is 16.7. The number of hydrogen-bond acceptors (Lipinski definition) is 6. The van der Waals surface area contributed by atoms with Crippen molar-refractivity contribution in [1.82, 2.24) is 14.5 Å². The number of aryl methyl sites for hydroxylation is 1. The third-order valence-corrected chi connectivity index (χ3v) is 6.98. The maximum atomic E-state index is 13.1. The Labute approximate surface area is 205 Å². The number of carbonyl (C=O) groups is 3. The second-order valence-electron chi connectivity index (χ2n) is 8.03. The summed E-state index contributed by atoms with van der Waals surface area (Å²) in [5.41, 5.74) is 1.61. The molecule has 0 aromatic heterocycles. The number of piperazine rings is 1. The molecule has 2 aromatic carbocycles. The number of carbonyl (C=O) groups excluding carboxylic acids is 3. The van der Waals surface area contributed by atoms with Gasteiger partial charge in [0.05, 0.1) is 22.8 Å². The van der Waals surface area contributed by atoms with Gasteiger partial charge in [-0.15, -0.1) is 0 Å². The fourth-order valence-corrected chi connectivity index (χ4v) is 4.60. The molecule has 0 atom stereocenters. The molecule has 0 aliphatic carbocycles. The Balaban J connectivity index is 1.55. The van der Waals surface area contributed by atoms with Gasteiger partial charge in [0, 0.05) is 39.1 Å². The molecule has 0 bridgehead atoms. The fourth-order valence-electron chi connectivity index (χ4n) is 3.57. The Morgan fingerprint density at radius 1 is 0.943 bits per heavy atom. The van der Waals surface area contributed by atoms with E-state index in [1.54, 1.807) is 53.1 Å². The molecule has 1 aliphatic rings. The van der Waals surface area contributed by atoms with Crippen molar-refractivity contribution in [3.63, 3.8) is 0 Å². The van der Waals surface area contributed by atoms with Crippen LogP contribution in [0.1, 0.15) is 29.3 Å². The van der Waals surface area contributed by atoms with E-state index in [4.69, 9.17) is 4.74 Å². The molecule has 10 nitrogen and oxygen atoms in total. The van der Waals surface area contributed by atoms with Gasteiger partial charge in [-0.05, 0) is 38.1 Å². The summed E-state index contributed by atoms with van der Waals surface area (Å²) in [4.78, 5) is 40.7. The van der Waals surface area contributed by atoms with Crippen molar-refractivity contribution in [3.05, 3.63) is 59.7 Å². The van der Waals surface area contributed by atoms with Crippen LogP contribution in [0, 0.1) is 6.92 Å². The summed E-state index contributed by atoms with van der Waals surface area (Å²) in [7, 11) is -3.72. The molecule has 0 spiro atoms. The number of nitrogens with zero attached hydrogens (tertiary/aromatic N) is 2. The second-order valence-corrected chi connectivity index (χ2v) is 9.80. The number of anilines is 1. The zero-order chi connectivity index (χ0) is 25.4. The number of sulfonamides is 1. The topological polar surface area (TPSA) is 125 Å². The molecule has 1 saturated heterocycles. The lowest BCUT2D eigenvalue weighted by atomic mass is 10.1. The van der Waals surface area contributed by atoms with E-state index in [0.29, 0.717) is 44.0 Å². The van der Waals surface area contributed by atoms with Crippen LogP contribution in [0.2, 0.25) is 0 Å². The Morgan fingerprint density at radius 2 is 1.57 bits per heavy atom. The van der Waals surface area contributed by atoms with Gasteiger partial charge in [0.1, 0.15) is 0 Å². The zero-order valence-corrected chi connectivity index (χ0v) is 20.6. The van der Waals surface area contributed by atoms with Crippen LogP contribution in [0.15, 0.2) is 53.4 Å². The second kappa shape index (κ2) is 11.8. The quantitative estimate of drug-likeness (QED) is 0.570. The van der Waals surface area contributed by atoms with Crippen molar-refractivity contribution in [2.45, 2.75) is 25.2 Å². The zero-order valence-electron chi connectivity index (χ0n) is 19.8. The molecule has 0 saturated carbocycles. The largest absolute Gasteiger partial charge is 0.450 e. The van der Waals surface area contributed by atoms with E-state index >= 15 is 0 Å². The van der Waals surface area contributed by atoms with Crippen LogP contribution < -0.4 is 10.0 Å². The van der Waals surface area contributed by atoms with Gasteiger partial charge in [-0.2, -0.15) is 0 Å². The normalized spacial score (nSPS) is 13.9. The van der Waals surface area contributed by atoms with E-state index < -0.39 is 22.0 Å². The smallest absolute Gasteiger partial charge is 0.409 e. The van der Waals surface area contributed by atoms with Crippen LogP contribution in [-0.4, -0.2) is 75.5 Å². The van der Waals surface area contributed by atoms with Crippen molar-refractivity contribution in [2.75, 3.05) is 44.6 Å². The Bertz CT molecular complexity index is 1160. The number of para-hydroxylation sites is 1. The van der Waals surface area contributed by atoms with Gasteiger partial charge >= 0.3 is 6.09 Å². The Kier molecular flexibility index (Phi) is 8.83. The lowest BCUT2D eigenvalue weighted by Gasteiger charge is -2.34. The highest BCUT2D eigenvalue weighted by atomic mass is 32.2. The van der Waals surface area contributed by atoms with Gasteiger partial charge in [-0.1, -0.05) is 29.8 Å². The summed E-state index contributed by atoms with van der Waals surface area (Å²) >= 11 is 0. The van der Waals surface area contributed by atoms with Crippen LogP contribution in [0.4, 0.5) is 10.5 Å². The molecule has 3 amide bonds. The molecule has 0 unspecified atom stereocenters. The number of nitrogens with one attached hydrogen (secondary N) is 2. The molecule has 11 heteroatoms. The molecular formula is C24H30N4O6S. The summed E-state index contributed by atoms with van der Waals surface area (Å²) < 4.78 is 32.2. The summed E-state index contributed by atoms with van der Waals surface area (Å²) in [5, 5.41) is 2.70. The van der Waals surface area contributed by atoms with Crippen molar-refractivity contribution in [1.29, 1.82) is 0 Å². The van der Waals surface area contributed by atoms with Crippen LogP contribution in [0.25, 0.3) is 0 Å². The van der Waals surface area contributed by atoms with Crippen LogP contribution in [0.5, 0.6) is 0 Å². The van der Waals surface area contributed by atoms with Gasteiger partial charge in [-0.25, -0.2) is 17.9 Å². The monoisotopic (exact) mass is 502 g/mol. The maximum Gasteiger partial charge on any atom is 0.409 e.